The molecule has 0 aromatic carbocycles. The Morgan fingerprint density at radius 2 is 1.28 bits per heavy atom. The molecule has 0 bridgehead atoms. The number of allylic oxidation sites excluding steroid dienone is 2. The first kappa shape index (κ1) is 24.2. The number of hydrogen-bond acceptors (Lipinski definition) is 2. The zero-order chi connectivity index (χ0) is 18.4. The predicted molar refractivity (Wildman–Crippen MR) is 109 cm³/mol. The van der Waals surface area contributed by atoms with Crippen LogP contribution in [-0.4, -0.2) is 24.2 Å². The molecule has 0 aliphatic heterocycles. The molecule has 25 heavy (non-hydrogen) atoms. The summed E-state index contributed by atoms with van der Waals surface area (Å²) >= 11 is 0. The zero-order valence-electron chi connectivity index (χ0n) is 16.7. The van der Waals surface area contributed by atoms with Crippen molar-refractivity contribution in [1.82, 2.24) is 5.32 Å². The second-order valence-electron chi connectivity index (χ2n) is 7.11. The molecule has 3 nitrogen and oxygen atoms in total. The van der Waals surface area contributed by atoms with Crippen LogP contribution in [0.2, 0.25) is 0 Å². The van der Waals surface area contributed by atoms with Crippen LogP contribution in [0.15, 0.2) is 12.2 Å². The molecule has 0 aliphatic carbocycles. The second-order valence-corrected chi connectivity index (χ2v) is 7.11. The lowest BCUT2D eigenvalue weighted by Gasteiger charge is -2.04. The molecule has 0 saturated carbocycles. The Morgan fingerprint density at radius 1 is 0.760 bits per heavy atom. The van der Waals surface area contributed by atoms with E-state index in [4.69, 9.17) is 5.11 Å². The third kappa shape index (κ3) is 21.1. The fourth-order valence-electron chi connectivity index (χ4n) is 2.93. The topological polar surface area (TPSA) is 49.3 Å². The number of hydrogen-bond donors (Lipinski definition) is 2. The molecule has 3 heteroatoms. The Balaban J connectivity index is 3.13. The Morgan fingerprint density at radius 3 is 1.84 bits per heavy atom. The van der Waals surface area contributed by atoms with Crippen molar-refractivity contribution in [2.75, 3.05) is 13.2 Å². The van der Waals surface area contributed by atoms with Crippen LogP contribution >= 0.6 is 0 Å². The second kappa shape index (κ2) is 21.2. The highest BCUT2D eigenvalue weighted by Crippen LogP contribution is 2.09. The summed E-state index contributed by atoms with van der Waals surface area (Å²) in [5, 5.41) is 11.6. The van der Waals surface area contributed by atoms with Gasteiger partial charge in [-0.15, -0.1) is 0 Å². The highest BCUT2D eigenvalue weighted by Gasteiger charge is 1.99. The van der Waals surface area contributed by atoms with Crippen molar-refractivity contribution in [3.8, 4) is 0 Å². The molecule has 0 fully saturated rings. The first-order valence-electron chi connectivity index (χ1n) is 10.8. The van der Waals surface area contributed by atoms with Crippen molar-refractivity contribution < 1.29 is 9.90 Å². The predicted octanol–water partition coefficient (Wildman–Crippen LogP) is 5.91. The number of amides is 1. The summed E-state index contributed by atoms with van der Waals surface area (Å²) < 4.78 is 0. The lowest BCUT2D eigenvalue weighted by atomic mass is 10.1. The highest BCUT2D eigenvalue weighted by atomic mass is 16.3. The van der Waals surface area contributed by atoms with E-state index in [0.717, 1.165) is 13.0 Å². The average molecular weight is 354 g/mol. The maximum atomic E-state index is 11.3. The molecular formula is C22H43NO2. The van der Waals surface area contributed by atoms with Crippen LogP contribution in [0.3, 0.4) is 0 Å². The number of rotatable bonds is 19. The molecule has 0 aromatic heterocycles. The molecule has 0 atom stereocenters. The minimum absolute atomic E-state index is 0.0711. The lowest BCUT2D eigenvalue weighted by Crippen LogP contribution is -2.24. The zero-order valence-corrected chi connectivity index (χ0v) is 16.7. The van der Waals surface area contributed by atoms with E-state index in [2.05, 4.69) is 24.4 Å². The number of aliphatic hydroxyl groups excluding tert-OH is 1. The molecule has 2 N–H and O–H groups in total. The number of nitrogens with one attached hydrogen (secondary N) is 1. The summed E-state index contributed by atoms with van der Waals surface area (Å²) in [6.45, 7) is 3.15. The molecular weight excluding hydrogens is 310 g/mol. The van der Waals surface area contributed by atoms with Gasteiger partial charge >= 0.3 is 0 Å². The third-order valence-electron chi connectivity index (χ3n) is 4.57. The van der Waals surface area contributed by atoms with Crippen molar-refractivity contribution in [2.24, 2.45) is 0 Å². The summed E-state index contributed by atoms with van der Waals surface area (Å²) in [5.74, 6) is 0.0711. The minimum atomic E-state index is 0.0711. The van der Waals surface area contributed by atoms with Crippen LogP contribution in [0.25, 0.3) is 0 Å². The van der Waals surface area contributed by atoms with E-state index in [1.165, 1.54) is 83.5 Å². The highest BCUT2D eigenvalue weighted by molar-refractivity contribution is 5.75. The van der Waals surface area contributed by atoms with Crippen molar-refractivity contribution in [3.63, 3.8) is 0 Å². The van der Waals surface area contributed by atoms with Crippen LogP contribution in [0, 0.1) is 0 Å². The van der Waals surface area contributed by atoms with E-state index in [1.54, 1.807) is 0 Å². The van der Waals surface area contributed by atoms with Crippen LogP contribution < -0.4 is 5.32 Å². The van der Waals surface area contributed by atoms with Crippen molar-refractivity contribution >= 4 is 5.91 Å². The quantitative estimate of drug-likeness (QED) is 0.224. The van der Waals surface area contributed by atoms with Gasteiger partial charge in [-0.05, 0) is 38.5 Å². The number of carbonyl (C=O) groups is 1. The van der Waals surface area contributed by atoms with Gasteiger partial charge in [0, 0.05) is 19.6 Å². The van der Waals surface area contributed by atoms with Gasteiger partial charge in [0.2, 0.25) is 5.91 Å². The summed E-state index contributed by atoms with van der Waals surface area (Å²) in [6, 6.07) is 0. The Hall–Kier alpha value is -0.830. The van der Waals surface area contributed by atoms with Crippen LogP contribution in [0.4, 0.5) is 0 Å². The van der Waals surface area contributed by atoms with Gasteiger partial charge < -0.3 is 10.4 Å². The van der Waals surface area contributed by atoms with Gasteiger partial charge in [0.05, 0.1) is 0 Å². The minimum Gasteiger partial charge on any atom is -0.396 e. The number of carbonyl (C=O) groups excluding carboxylic acids is 1. The molecule has 0 saturated heterocycles. The van der Waals surface area contributed by atoms with E-state index < -0.39 is 0 Å². The molecule has 0 radical (unpaired) electrons. The molecule has 0 heterocycles. The Kier molecular flexibility index (Phi) is 20.5. The molecule has 148 valence electrons. The van der Waals surface area contributed by atoms with Gasteiger partial charge in [-0.25, -0.2) is 0 Å². The maximum Gasteiger partial charge on any atom is 0.220 e. The fourth-order valence-corrected chi connectivity index (χ4v) is 2.93. The maximum absolute atomic E-state index is 11.3. The van der Waals surface area contributed by atoms with Crippen molar-refractivity contribution in [2.45, 2.75) is 110 Å². The van der Waals surface area contributed by atoms with E-state index >= 15 is 0 Å². The van der Waals surface area contributed by atoms with Crippen molar-refractivity contribution in [3.05, 3.63) is 12.2 Å². The third-order valence-corrected chi connectivity index (χ3v) is 4.57. The summed E-state index contributed by atoms with van der Waals surface area (Å²) in [6.07, 6.45) is 24.1. The molecule has 0 aromatic rings. The molecule has 0 spiro atoms. The lowest BCUT2D eigenvalue weighted by molar-refractivity contribution is -0.121. The largest absolute Gasteiger partial charge is 0.396 e. The summed E-state index contributed by atoms with van der Waals surface area (Å²) in [7, 11) is 0. The summed E-state index contributed by atoms with van der Waals surface area (Å²) in [5.41, 5.74) is 0. The number of unbranched alkanes of at least 4 members (excludes halogenated alkanes) is 12. The number of aliphatic hydroxyl groups is 1. The average Bonchev–Trinajstić information content (AvgIpc) is 2.62. The van der Waals surface area contributed by atoms with E-state index in [1.807, 2.05) is 0 Å². The van der Waals surface area contributed by atoms with Crippen LogP contribution in [0.5, 0.6) is 0 Å². The standard InChI is InChI=1S/C22H43NO2/c1-2-3-4-5-6-7-8-9-10-11-12-13-14-15-16-17-20-23-22(25)19-18-21-24/h9-10,24H,2-8,11-21H2,1H3,(H,23,25)/b10-9+. The fraction of sp³-hybridized carbons (Fsp3) is 0.864. The van der Waals surface area contributed by atoms with Gasteiger partial charge in [-0.1, -0.05) is 76.9 Å². The smallest absolute Gasteiger partial charge is 0.220 e. The molecule has 0 aliphatic rings. The van der Waals surface area contributed by atoms with Crippen LogP contribution in [0.1, 0.15) is 110 Å². The first-order chi connectivity index (χ1) is 12.3. The van der Waals surface area contributed by atoms with Gasteiger partial charge in [-0.2, -0.15) is 0 Å². The van der Waals surface area contributed by atoms with E-state index in [-0.39, 0.29) is 12.5 Å². The molecule has 0 unspecified atom stereocenters. The Bertz CT molecular complexity index is 302. The normalized spacial score (nSPS) is 11.3. The van der Waals surface area contributed by atoms with Gasteiger partial charge in [0.1, 0.15) is 0 Å². The van der Waals surface area contributed by atoms with Gasteiger partial charge in [-0.3, -0.25) is 4.79 Å². The van der Waals surface area contributed by atoms with Gasteiger partial charge in [0.25, 0.3) is 0 Å². The van der Waals surface area contributed by atoms with E-state index in [9.17, 15) is 4.79 Å². The van der Waals surface area contributed by atoms with Crippen LogP contribution in [-0.2, 0) is 4.79 Å². The summed E-state index contributed by atoms with van der Waals surface area (Å²) in [4.78, 5) is 11.3. The molecule has 0 rings (SSSR count). The first-order valence-corrected chi connectivity index (χ1v) is 10.8. The monoisotopic (exact) mass is 353 g/mol. The molecule has 1 amide bonds. The SMILES string of the molecule is CCCCCCCC/C=C/CCCCCCCCNC(=O)CCCO. The Labute approximate surface area is 156 Å². The van der Waals surface area contributed by atoms with Gasteiger partial charge in [0.15, 0.2) is 0 Å². The van der Waals surface area contributed by atoms with Crippen molar-refractivity contribution in [1.29, 1.82) is 0 Å². The van der Waals surface area contributed by atoms with E-state index in [0.29, 0.717) is 12.8 Å².